The molecule has 0 aliphatic carbocycles. The highest BCUT2D eigenvalue weighted by molar-refractivity contribution is 9.11. The van der Waals surface area contributed by atoms with Crippen LogP contribution in [-0.4, -0.2) is 6.54 Å². The van der Waals surface area contributed by atoms with Gasteiger partial charge in [-0.05, 0) is 39.7 Å². The van der Waals surface area contributed by atoms with Crippen molar-refractivity contribution in [2.75, 3.05) is 6.54 Å². The molecule has 1 atom stereocenters. The zero-order valence-corrected chi connectivity index (χ0v) is 11.2. The van der Waals surface area contributed by atoms with Crippen LogP contribution in [0.4, 0.5) is 8.78 Å². The Morgan fingerprint density at radius 1 is 1.24 bits per heavy atom. The maximum Gasteiger partial charge on any atom is 0.130 e. The summed E-state index contributed by atoms with van der Waals surface area (Å²) >= 11 is 4.86. The zero-order valence-electron chi connectivity index (χ0n) is 8.79. The minimum absolute atomic E-state index is 0.230. The number of nitrogens with two attached hydrogens (primary N) is 1. The molecule has 1 aromatic heterocycles. The average Bonchev–Trinajstić information content (AvgIpc) is 2.69. The van der Waals surface area contributed by atoms with Crippen LogP contribution in [0.15, 0.2) is 34.1 Å². The van der Waals surface area contributed by atoms with Crippen LogP contribution in [0.1, 0.15) is 16.4 Å². The summed E-state index contributed by atoms with van der Waals surface area (Å²) in [4.78, 5) is 0.963. The summed E-state index contributed by atoms with van der Waals surface area (Å²) in [7, 11) is 0. The molecule has 0 fully saturated rings. The van der Waals surface area contributed by atoms with E-state index >= 15 is 0 Å². The molecule has 2 rings (SSSR count). The van der Waals surface area contributed by atoms with Crippen molar-refractivity contribution < 1.29 is 8.78 Å². The second-order valence-electron chi connectivity index (χ2n) is 3.60. The third kappa shape index (κ3) is 2.73. The molecule has 0 radical (unpaired) electrons. The highest BCUT2D eigenvalue weighted by Gasteiger charge is 2.18. The van der Waals surface area contributed by atoms with Gasteiger partial charge in [0.15, 0.2) is 0 Å². The maximum absolute atomic E-state index is 13.7. The van der Waals surface area contributed by atoms with Crippen LogP contribution in [0.25, 0.3) is 0 Å². The zero-order chi connectivity index (χ0) is 12.4. The average molecular weight is 318 g/mol. The second kappa shape index (κ2) is 5.25. The van der Waals surface area contributed by atoms with Crippen LogP contribution in [0.3, 0.4) is 0 Å². The summed E-state index contributed by atoms with van der Waals surface area (Å²) in [6.07, 6.45) is 0. The van der Waals surface area contributed by atoms with Crippen molar-refractivity contribution in [2.24, 2.45) is 5.73 Å². The first-order valence-corrected chi connectivity index (χ1v) is 6.63. The van der Waals surface area contributed by atoms with Crippen molar-refractivity contribution in [3.05, 3.63) is 56.2 Å². The van der Waals surface area contributed by atoms with Crippen LogP contribution in [-0.2, 0) is 0 Å². The van der Waals surface area contributed by atoms with Gasteiger partial charge in [0.2, 0.25) is 0 Å². The van der Waals surface area contributed by atoms with E-state index in [0.29, 0.717) is 5.56 Å². The van der Waals surface area contributed by atoms with Gasteiger partial charge in [-0.1, -0.05) is 6.07 Å². The SMILES string of the molecule is NCC(c1ccc(Br)s1)c1ccc(F)cc1F. The number of halogens is 3. The van der Waals surface area contributed by atoms with Gasteiger partial charge >= 0.3 is 0 Å². The van der Waals surface area contributed by atoms with Gasteiger partial charge in [-0.3, -0.25) is 0 Å². The van der Waals surface area contributed by atoms with E-state index in [-0.39, 0.29) is 12.5 Å². The maximum atomic E-state index is 13.7. The van der Waals surface area contributed by atoms with Crippen LogP contribution >= 0.6 is 27.3 Å². The number of rotatable bonds is 3. The van der Waals surface area contributed by atoms with Gasteiger partial charge in [-0.15, -0.1) is 11.3 Å². The van der Waals surface area contributed by atoms with E-state index in [1.165, 1.54) is 23.5 Å². The molecule has 0 bridgehead atoms. The molecule has 0 saturated heterocycles. The van der Waals surface area contributed by atoms with E-state index in [0.717, 1.165) is 14.7 Å². The van der Waals surface area contributed by atoms with Crippen LogP contribution in [0, 0.1) is 11.6 Å². The standard InChI is InChI=1S/C12H10BrF2NS/c13-12-4-3-11(17-12)9(6-16)8-2-1-7(14)5-10(8)15/h1-5,9H,6,16H2. The van der Waals surface area contributed by atoms with Crippen molar-refractivity contribution in [3.8, 4) is 0 Å². The fourth-order valence-electron chi connectivity index (χ4n) is 1.70. The Bertz CT molecular complexity index is 527. The summed E-state index contributed by atoms with van der Waals surface area (Å²) in [5.41, 5.74) is 6.12. The number of thiophene rings is 1. The van der Waals surface area contributed by atoms with E-state index in [1.807, 2.05) is 12.1 Å². The third-order valence-electron chi connectivity index (χ3n) is 2.51. The monoisotopic (exact) mass is 317 g/mol. The fourth-order valence-corrected chi connectivity index (χ4v) is 3.25. The van der Waals surface area contributed by atoms with Crippen LogP contribution in [0.2, 0.25) is 0 Å². The number of benzene rings is 1. The van der Waals surface area contributed by atoms with E-state index in [2.05, 4.69) is 15.9 Å². The normalized spacial score (nSPS) is 12.7. The van der Waals surface area contributed by atoms with Crippen molar-refractivity contribution >= 4 is 27.3 Å². The summed E-state index contributed by atoms with van der Waals surface area (Å²) in [5, 5.41) is 0. The van der Waals surface area contributed by atoms with E-state index in [9.17, 15) is 8.78 Å². The summed E-state index contributed by atoms with van der Waals surface area (Å²) in [6, 6.07) is 7.39. The first-order valence-electron chi connectivity index (χ1n) is 5.02. The Labute approximate surface area is 110 Å². The lowest BCUT2D eigenvalue weighted by Crippen LogP contribution is -2.14. The Kier molecular flexibility index (Phi) is 3.91. The van der Waals surface area contributed by atoms with Gasteiger partial charge in [0.25, 0.3) is 0 Å². The van der Waals surface area contributed by atoms with E-state index in [4.69, 9.17) is 5.73 Å². The van der Waals surface area contributed by atoms with Gasteiger partial charge in [0.05, 0.1) is 3.79 Å². The molecule has 0 aliphatic heterocycles. The number of hydrogen-bond donors (Lipinski definition) is 1. The second-order valence-corrected chi connectivity index (χ2v) is 6.09. The Balaban J connectivity index is 2.42. The first kappa shape index (κ1) is 12.7. The molecule has 0 spiro atoms. The molecule has 0 aliphatic rings. The van der Waals surface area contributed by atoms with E-state index in [1.54, 1.807) is 0 Å². The molecule has 2 N–H and O–H groups in total. The van der Waals surface area contributed by atoms with Crippen molar-refractivity contribution in [2.45, 2.75) is 5.92 Å². The Hall–Kier alpha value is -0.780. The minimum Gasteiger partial charge on any atom is -0.329 e. The molecule has 90 valence electrons. The van der Waals surface area contributed by atoms with Crippen molar-refractivity contribution in [3.63, 3.8) is 0 Å². The molecule has 0 amide bonds. The first-order chi connectivity index (χ1) is 8.11. The molecular weight excluding hydrogens is 308 g/mol. The van der Waals surface area contributed by atoms with E-state index < -0.39 is 11.6 Å². The molecule has 1 unspecified atom stereocenters. The summed E-state index contributed by atoms with van der Waals surface area (Å²) < 4.78 is 27.5. The van der Waals surface area contributed by atoms with Crippen molar-refractivity contribution in [1.29, 1.82) is 0 Å². The highest BCUT2D eigenvalue weighted by Crippen LogP contribution is 2.33. The highest BCUT2D eigenvalue weighted by atomic mass is 79.9. The molecule has 2 aromatic rings. The minimum atomic E-state index is -0.575. The lowest BCUT2D eigenvalue weighted by atomic mass is 9.97. The third-order valence-corrected chi connectivity index (χ3v) is 4.25. The molecule has 1 aromatic carbocycles. The summed E-state index contributed by atoms with van der Waals surface area (Å²) in [5.74, 6) is -1.36. The van der Waals surface area contributed by atoms with Crippen LogP contribution in [0.5, 0.6) is 0 Å². The number of hydrogen-bond acceptors (Lipinski definition) is 2. The van der Waals surface area contributed by atoms with Gasteiger partial charge in [0.1, 0.15) is 11.6 Å². The van der Waals surface area contributed by atoms with Crippen LogP contribution < -0.4 is 5.73 Å². The topological polar surface area (TPSA) is 26.0 Å². The molecule has 1 nitrogen and oxygen atoms in total. The smallest absolute Gasteiger partial charge is 0.130 e. The summed E-state index contributed by atoms with van der Waals surface area (Å²) in [6.45, 7) is 0.287. The molecule has 17 heavy (non-hydrogen) atoms. The Morgan fingerprint density at radius 2 is 2.00 bits per heavy atom. The quantitative estimate of drug-likeness (QED) is 0.913. The lowest BCUT2D eigenvalue weighted by molar-refractivity contribution is 0.565. The van der Waals surface area contributed by atoms with Gasteiger partial charge in [-0.25, -0.2) is 8.78 Å². The largest absolute Gasteiger partial charge is 0.329 e. The molecule has 1 heterocycles. The molecule has 0 saturated carbocycles. The predicted octanol–water partition coefficient (Wildman–Crippen LogP) is 3.88. The van der Waals surface area contributed by atoms with Gasteiger partial charge in [-0.2, -0.15) is 0 Å². The fraction of sp³-hybridized carbons (Fsp3) is 0.167. The van der Waals surface area contributed by atoms with Gasteiger partial charge in [0, 0.05) is 23.4 Å². The van der Waals surface area contributed by atoms with Crippen molar-refractivity contribution in [1.82, 2.24) is 0 Å². The Morgan fingerprint density at radius 3 is 2.53 bits per heavy atom. The predicted molar refractivity (Wildman–Crippen MR) is 69.3 cm³/mol. The van der Waals surface area contributed by atoms with Gasteiger partial charge < -0.3 is 5.73 Å². The lowest BCUT2D eigenvalue weighted by Gasteiger charge is -2.14. The molecular formula is C12H10BrF2NS. The molecule has 5 heteroatoms.